The van der Waals surface area contributed by atoms with E-state index in [-0.39, 0.29) is 0 Å². The minimum atomic E-state index is 1.13. The first kappa shape index (κ1) is 7.57. The van der Waals surface area contributed by atoms with E-state index < -0.39 is 0 Å². The van der Waals surface area contributed by atoms with Crippen LogP contribution in [0.3, 0.4) is 0 Å². The molecule has 0 spiro atoms. The molecule has 0 aromatic rings. The van der Waals surface area contributed by atoms with Crippen LogP contribution in [0.5, 0.6) is 0 Å². The van der Waals surface area contributed by atoms with Crippen molar-refractivity contribution >= 4 is 0 Å². The van der Waals surface area contributed by atoms with E-state index in [4.69, 9.17) is 0 Å². The van der Waals surface area contributed by atoms with Crippen molar-refractivity contribution in [2.24, 2.45) is 0 Å². The molecule has 0 bridgehead atoms. The number of rotatable bonds is 0. The molecule has 3 rings (SSSR count). The van der Waals surface area contributed by atoms with Crippen molar-refractivity contribution in [3.8, 4) is 0 Å². The van der Waals surface area contributed by atoms with Crippen LogP contribution >= 0.6 is 0 Å². The van der Waals surface area contributed by atoms with Crippen LogP contribution < -0.4 is 5.32 Å². The summed E-state index contributed by atoms with van der Waals surface area (Å²) in [5.41, 5.74) is 6.66. The molecule has 0 aromatic carbocycles. The highest BCUT2D eigenvalue weighted by atomic mass is 14.9. The largest absolute Gasteiger partial charge is 0.312 e. The van der Waals surface area contributed by atoms with Gasteiger partial charge < -0.3 is 5.32 Å². The molecule has 1 aliphatic heterocycles. The summed E-state index contributed by atoms with van der Waals surface area (Å²) in [6.07, 6.45) is 9.73. The van der Waals surface area contributed by atoms with Crippen molar-refractivity contribution in [3.05, 3.63) is 34.4 Å². The highest BCUT2D eigenvalue weighted by Crippen LogP contribution is 2.40. The van der Waals surface area contributed by atoms with Gasteiger partial charge in [-0.3, -0.25) is 0 Å². The summed E-state index contributed by atoms with van der Waals surface area (Å²) < 4.78 is 0. The molecule has 1 nitrogen and oxygen atoms in total. The first-order chi connectivity index (χ1) is 6.45. The maximum Gasteiger partial charge on any atom is 0.0208 e. The number of allylic oxidation sites excluding steroid dienone is 3. The zero-order valence-corrected chi connectivity index (χ0v) is 7.90. The lowest BCUT2D eigenvalue weighted by Crippen LogP contribution is -2.24. The van der Waals surface area contributed by atoms with Gasteiger partial charge in [0.15, 0.2) is 0 Å². The van der Waals surface area contributed by atoms with Crippen molar-refractivity contribution < 1.29 is 0 Å². The summed E-state index contributed by atoms with van der Waals surface area (Å²) >= 11 is 0. The van der Waals surface area contributed by atoms with Crippen LogP contribution in [-0.4, -0.2) is 13.1 Å². The van der Waals surface area contributed by atoms with Gasteiger partial charge >= 0.3 is 0 Å². The van der Waals surface area contributed by atoms with E-state index in [0.717, 1.165) is 6.54 Å². The number of fused-ring (bicyclic) bond motifs is 1. The Kier molecular flexibility index (Phi) is 1.66. The third-order valence-corrected chi connectivity index (χ3v) is 3.37. The monoisotopic (exact) mass is 173 g/mol. The molecule has 0 fully saturated rings. The van der Waals surface area contributed by atoms with Gasteiger partial charge in [0.05, 0.1) is 0 Å². The lowest BCUT2D eigenvalue weighted by Gasteiger charge is -2.18. The lowest BCUT2D eigenvalue weighted by molar-refractivity contribution is 0.678. The Morgan fingerprint density at radius 2 is 2.15 bits per heavy atom. The van der Waals surface area contributed by atoms with Gasteiger partial charge in [0, 0.05) is 6.54 Å². The molecule has 0 saturated carbocycles. The zero-order valence-electron chi connectivity index (χ0n) is 7.90. The van der Waals surface area contributed by atoms with E-state index in [1.807, 2.05) is 0 Å². The first-order valence-corrected chi connectivity index (χ1v) is 5.26. The maximum absolute atomic E-state index is 3.47. The van der Waals surface area contributed by atoms with Crippen LogP contribution in [0.1, 0.15) is 25.7 Å². The van der Waals surface area contributed by atoms with Crippen molar-refractivity contribution in [2.45, 2.75) is 25.7 Å². The average Bonchev–Trinajstić information content (AvgIpc) is 2.56. The molecule has 2 aliphatic carbocycles. The average molecular weight is 173 g/mol. The second-order valence-electron chi connectivity index (χ2n) is 4.13. The fourth-order valence-electron chi connectivity index (χ4n) is 2.70. The summed E-state index contributed by atoms with van der Waals surface area (Å²) in [6.45, 7) is 2.31. The Hall–Kier alpha value is -0.820. The molecular weight excluding hydrogens is 158 g/mol. The van der Waals surface area contributed by atoms with Gasteiger partial charge in [-0.05, 0) is 48.9 Å². The van der Waals surface area contributed by atoms with Crippen molar-refractivity contribution in [2.75, 3.05) is 13.1 Å². The van der Waals surface area contributed by atoms with Gasteiger partial charge in [0.25, 0.3) is 0 Å². The molecule has 0 unspecified atom stereocenters. The van der Waals surface area contributed by atoms with Crippen LogP contribution in [-0.2, 0) is 0 Å². The second kappa shape index (κ2) is 2.85. The predicted octanol–water partition coefficient (Wildman–Crippen LogP) is 2.33. The molecule has 0 atom stereocenters. The van der Waals surface area contributed by atoms with Crippen LogP contribution in [0, 0.1) is 0 Å². The molecule has 1 N–H and O–H groups in total. The van der Waals surface area contributed by atoms with E-state index in [2.05, 4.69) is 17.5 Å². The van der Waals surface area contributed by atoms with Gasteiger partial charge in [0.2, 0.25) is 0 Å². The standard InChI is InChI=1S/C12H15N/c1-2-4-11-9(3-1)7-10-5-6-13-8-12(10)11/h1,3,13H,2,4-8H2. The SMILES string of the molecule is C1=CC2=C(CC1)C1=C(CCNC1)C2. The summed E-state index contributed by atoms with van der Waals surface area (Å²) in [5, 5.41) is 3.47. The van der Waals surface area contributed by atoms with Crippen LogP contribution in [0.2, 0.25) is 0 Å². The third-order valence-electron chi connectivity index (χ3n) is 3.37. The summed E-state index contributed by atoms with van der Waals surface area (Å²) in [6, 6.07) is 0. The van der Waals surface area contributed by atoms with Gasteiger partial charge in [-0.25, -0.2) is 0 Å². The predicted molar refractivity (Wildman–Crippen MR) is 54.5 cm³/mol. The molecule has 1 heterocycles. The van der Waals surface area contributed by atoms with E-state index in [1.54, 1.807) is 22.3 Å². The molecule has 13 heavy (non-hydrogen) atoms. The van der Waals surface area contributed by atoms with Crippen LogP contribution in [0.25, 0.3) is 0 Å². The Labute approximate surface area is 79.2 Å². The molecule has 0 radical (unpaired) electrons. The van der Waals surface area contributed by atoms with Crippen molar-refractivity contribution in [1.82, 2.24) is 5.32 Å². The van der Waals surface area contributed by atoms with E-state index in [1.165, 1.54) is 32.2 Å². The summed E-state index contributed by atoms with van der Waals surface area (Å²) in [4.78, 5) is 0. The molecule has 3 aliphatic rings. The number of hydrogen-bond acceptors (Lipinski definition) is 1. The first-order valence-electron chi connectivity index (χ1n) is 5.26. The third kappa shape index (κ3) is 1.11. The molecule has 68 valence electrons. The minimum Gasteiger partial charge on any atom is -0.312 e. The normalized spacial score (nSPS) is 26.5. The van der Waals surface area contributed by atoms with Crippen LogP contribution in [0.4, 0.5) is 0 Å². The Morgan fingerprint density at radius 3 is 3.15 bits per heavy atom. The van der Waals surface area contributed by atoms with Gasteiger partial charge in [0.1, 0.15) is 0 Å². The topological polar surface area (TPSA) is 12.0 Å². The molecule has 0 amide bonds. The Balaban J connectivity index is 2.00. The van der Waals surface area contributed by atoms with Crippen molar-refractivity contribution in [3.63, 3.8) is 0 Å². The van der Waals surface area contributed by atoms with Crippen LogP contribution in [0.15, 0.2) is 34.4 Å². The Morgan fingerprint density at radius 1 is 1.15 bits per heavy atom. The molecule has 0 saturated heterocycles. The molecule has 1 heteroatoms. The number of nitrogens with one attached hydrogen (secondary N) is 1. The van der Waals surface area contributed by atoms with E-state index in [9.17, 15) is 0 Å². The maximum atomic E-state index is 3.47. The zero-order chi connectivity index (χ0) is 8.67. The smallest absolute Gasteiger partial charge is 0.0208 e. The van der Waals surface area contributed by atoms with Crippen molar-refractivity contribution in [1.29, 1.82) is 0 Å². The highest BCUT2D eigenvalue weighted by Gasteiger charge is 2.25. The van der Waals surface area contributed by atoms with Gasteiger partial charge in [-0.1, -0.05) is 17.7 Å². The number of hydrogen-bond donors (Lipinski definition) is 1. The lowest BCUT2D eigenvalue weighted by atomic mass is 9.95. The minimum absolute atomic E-state index is 1.13. The van der Waals surface area contributed by atoms with Gasteiger partial charge in [-0.2, -0.15) is 0 Å². The molecular formula is C12H15N. The fraction of sp³-hybridized carbons (Fsp3) is 0.500. The van der Waals surface area contributed by atoms with E-state index >= 15 is 0 Å². The van der Waals surface area contributed by atoms with E-state index in [0.29, 0.717) is 0 Å². The summed E-state index contributed by atoms with van der Waals surface area (Å²) in [7, 11) is 0. The molecule has 0 aromatic heterocycles. The summed E-state index contributed by atoms with van der Waals surface area (Å²) in [5.74, 6) is 0. The van der Waals surface area contributed by atoms with Gasteiger partial charge in [-0.15, -0.1) is 0 Å². The second-order valence-corrected chi connectivity index (χ2v) is 4.13. The quantitative estimate of drug-likeness (QED) is 0.593. The fourth-order valence-corrected chi connectivity index (χ4v) is 2.70. The highest BCUT2D eigenvalue weighted by molar-refractivity contribution is 5.54. The Bertz CT molecular complexity index is 331.